The Hall–Kier alpha value is -0.420. The summed E-state index contributed by atoms with van der Waals surface area (Å²) in [4.78, 5) is -0.261. The number of thioether (sulfide) groups is 2. The van der Waals surface area contributed by atoms with Crippen molar-refractivity contribution in [2.75, 3.05) is 29.6 Å². The molecule has 1 aliphatic heterocycles. The lowest BCUT2D eigenvalue weighted by Gasteiger charge is -2.25. The standard InChI is InChI=1S/C13H16F3NO3S3/c14-13(15,16)10-1-3-11(4-2-10)23(19,20)17-7-12(18)8-21-5-6-22-9-12/h1-4,17-18H,5-9H2. The molecule has 0 aromatic heterocycles. The lowest BCUT2D eigenvalue weighted by molar-refractivity contribution is -0.137. The van der Waals surface area contributed by atoms with Crippen LogP contribution < -0.4 is 4.72 Å². The smallest absolute Gasteiger partial charge is 0.387 e. The van der Waals surface area contributed by atoms with E-state index < -0.39 is 27.4 Å². The van der Waals surface area contributed by atoms with Gasteiger partial charge < -0.3 is 5.11 Å². The Morgan fingerprint density at radius 1 is 1.13 bits per heavy atom. The molecule has 0 amide bonds. The third kappa shape index (κ3) is 5.28. The lowest BCUT2D eigenvalue weighted by atomic mass is 10.1. The minimum atomic E-state index is -4.51. The van der Waals surface area contributed by atoms with Crippen LogP contribution in [0.2, 0.25) is 0 Å². The first-order valence-electron chi connectivity index (χ1n) is 6.67. The highest BCUT2D eigenvalue weighted by Gasteiger charge is 2.32. The maximum Gasteiger partial charge on any atom is 0.416 e. The van der Waals surface area contributed by atoms with Gasteiger partial charge in [-0.25, -0.2) is 13.1 Å². The van der Waals surface area contributed by atoms with Crippen LogP contribution in [0.4, 0.5) is 13.2 Å². The minimum Gasteiger partial charge on any atom is -0.387 e. The quantitative estimate of drug-likeness (QED) is 0.829. The molecule has 23 heavy (non-hydrogen) atoms. The van der Waals surface area contributed by atoms with Crippen LogP contribution in [0.15, 0.2) is 29.2 Å². The van der Waals surface area contributed by atoms with Crippen molar-refractivity contribution < 1.29 is 26.7 Å². The number of sulfonamides is 1. The molecular weight excluding hydrogens is 371 g/mol. The van der Waals surface area contributed by atoms with Crippen molar-refractivity contribution in [1.82, 2.24) is 4.72 Å². The van der Waals surface area contributed by atoms with Crippen molar-refractivity contribution >= 4 is 33.5 Å². The largest absolute Gasteiger partial charge is 0.416 e. The summed E-state index contributed by atoms with van der Waals surface area (Å²) in [5.41, 5.74) is -2.07. The Balaban J connectivity index is 2.06. The van der Waals surface area contributed by atoms with Gasteiger partial charge in [0.1, 0.15) is 0 Å². The molecule has 2 N–H and O–H groups in total. The summed E-state index contributed by atoms with van der Waals surface area (Å²) < 4.78 is 64.1. The van der Waals surface area contributed by atoms with Gasteiger partial charge in [0.05, 0.1) is 16.1 Å². The van der Waals surface area contributed by atoms with Crippen molar-refractivity contribution in [3.8, 4) is 0 Å². The topological polar surface area (TPSA) is 66.4 Å². The molecule has 1 aromatic rings. The number of rotatable bonds is 4. The monoisotopic (exact) mass is 387 g/mol. The van der Waals surface area contributed by atoms with Crippen LogP contribution in [0.5, 0.6) is 0 Å². The normalized spacial score (nSPS) is 19.3. The van der Waals surface area contributed by atoms with E-state index in [0.717, 1.165) is 35.8 Å². The van der Waals surface area contributed by atoms with Crippen LogP contribution in [-0.2, 0) is 16.2 Å². The van der Waals surface area contributed by atoms with Gasteiger partial charge in [-0.15, -0.1) is 0 Å². The molecule has 10 heteroatoms. The van der Waals surface area contributed by atoms with Gasteiger partial charge in [-0.1, -0.05) is 0 Å². The van der Waals surface area contributed by atoms with Crippen molar-refractivity contribution in [1.29, 1.82) is 0 Å². The number of benzene rings is 1. The molecule has 4 nitrogen and oxygen atoms in total. The molecule has 0 aliphatic carbocycles. The molecule has 1 aromatic carbocycles. The molecule has 130 valence electrons. The first-order chi connectivity index (χ1) is 10.6. The average Bonchev–Trinajstić information content (AvgIpc) is 2.70. The summed E-state index contributed by atoms with van der Waals surface area (Å²) in [5, 5.41) is 10.4. The van der Waals surface area contributed by atoms with E-state index in [2.05, 4.69) is 4.72 Å². The van der Waals surface area contributed by atoms with E-state index in [4.69, 9.17) is 0 Å². The van der Waals surface area contributed by atoms with Crippen LogP contribution in [-0.4, -0.2) is 48.7 Å². The second kappa shape index (κ2) is 7.22. The molecular formula is C13H16F3NO3S3. The number of alkyl halides is 3. The molecule has 1 aliphatic rings. The van der Waals surface area contributed by atoms with E-state index >= 15 is 0 Å². The molecule has 0 spiro atoms. The van der Waals surface area contributed by atoms with E-state index in [9.17, 15) is 26.7 Å². The van der Waals surface area contributed by atoms with Crippen molar-refractivity contribution in [3.63, 3.8) is 0 Å². The fraction of sp³-hybridized carbons (Fsp3) is 0.538. The average molecular weight is 387 g/mol. The third-order valence-corrected chi connectivity index (χ3v) is 7.34. The predicted octanol–water partition coefficient (Wildman–Crippen LogP) is 2.19. The van der Waals surface area contributed by atoms with Gasteiger partial charge in [-0.3, -0.25) is 0 Å². The fourth-order valence-corrected chi connectivity index (χ4v) is 5.57. The summed E-state index contributed by atoms with van der Waals surface area (Å²) in [6.45, 7) is -0.170. The fourth-order valence-electron chi connectivity index (χ4n) is 1.92. The van der Waals surface area contributed by atoms with Gasteiger partial charge in [0, 0.05) is 29.6 Å². The number of hydrogen-bond acceptors (Lipinski definition) is 5. The second-order valence-corrected chi connectivity index (χ2v) is 9.15. The summed E-state index contributed by atoms with van der Waals surface area (Å²) >= 11 is 3.09. The molecule has 1 heterocycles. The van der Waals surface area contributed by atoms with Crippen LogP contribution >= 0.6 is 23.5 Å². The van der Waals surface area contributed by atoms with Gasteiger partial charge in [-0.2, -0.15) is 36.7 Å². The van der Waals surface area contributed by atoms with Crippen LogP contribution in [0.3, 0.4) is 0 Å². The predicted molar refractivity (Wildman–Crippen MR) is 86.2 cm³/mol. The van der Waals surface area contributed by atoms with E-state index in [1.54, 1.807) is 23.5 Å². The van der Waals surface area contributed by atoms with Crippen molar-refractivity contribution in [3.05, 3.63) is 29.8 Å². The molecule has 0 bridgehead atoms. The lowest BCUT2D eigenvalue weighted by Crippen LogP contribution is -2.46. The zero-order chi connectivity index (χ0) is 17.1. The van der Waals surface area contributed by atoms with Gasteiger partial charge in [0.25, 0.3) is 0 Å². The van der Waals surface area contributed by atoms with Crippen LogP contribution in [0.1, 0.15) is 5.56 Å². The molecule has 1 saturated heterocycles. The van der Waals surface area contributed by atoms with Crippen LogP contribution in [0.25, 0.3) is 0 Å². The number of nitrogens with one attached hydrogen (secondary N) is 1. The van der Waals surface area contributed by atoms with Gasteiger partial charge in [0.2, 0.25) is 10.0 Å². The van der Waals surface area contributed by atoms with E-state index in [0.29, 0.717) is 11.5 Å². The van der Waals surface area contributed by atoms with Gasteiger partial charge >= 0.3 is 6.18 Å². The van der Waals surface area contributed by atoms with E-state index in [-0.39, 0.29) is 11.4 Å². The first-order valence-corrected chi connectivity index (χ1v) is 10.5. The van der Waals surface area contributed by atoms with E-state index in [1.807, 2.05) is 0 Å². The highest BCUT2D eigenvalue weighted by atomic mass is 32.2. The molecule has 0 atom stereocenters. The summed E-state index contributed by atoms with van der Waals surface area (Å²) in [6.07, 6.45) is -4.51. The molecule has 2 rings (SSSR count). The Labute approximate surface area is 141 Å². The highest BCUT2D eigenvalue weighted by Crippen LogP contribution is 2.30. The summed E-state index contributed by atoms with van der Waals surface area (Å²) in [7, 11) is -3.97. The second-order valence-electron chi connectivity index (χ2n) is 5.18. The number of halogens is 3. The Morgan fingerprint density at radius 2 is 1.65 bits per heavy atom. The Bertz CT molecular complexity index is 624. The molecule has 0 saturated carbocycles. The maximum absolute atomic E-state index is 12.5. The highest BCUT2D eigenvalue weighted by molar-refractivity contribution is 8.03. The number of aliphatic hydroxyl groups is 1. The number of hydrogen-bond donors (Lipinski definition) is 2. The SMILES string of the molecule is O=S(=O)(NCC1(O)CSCCSC1)c1ccc(C(F)(F)F)cc1. The maximum atomic E-state index is 12.5. The van der Waals surface area contributed by atoms with E-state index in [1.165, 1.54) is 0 Å². The van der Waals surface area contributed by atoms with Gasteiger partial charge in [0.15, 0.2) is 0 Å². The van der Waals surface area contributed by atoms with Crippen molar-refractivity contribution in [2.45, 2.75) is 16.7 Å². The zero-order valence-corrected chi connectivity index (χ0v) is 14.4. The van der Waals surface area contributed by atoms with Gasteiger partial charge in [-0.05, 0) is 24.3 Å². The Kier molecular flexibility index (Phi) is 5.94. The first kappa shape index (κ1) is 18.9. The molecule has 0 radical (unpaired) electrons. The molecule has 1 fully saturated rings. The third-order valence-electron chi connectivity index (χ3n) is 3.20. The summed E-state index contributed by atoms with van der Waals surface area (Å²) in [5.74, 6) is 2.60. The Morgan fingerprint density at radius 3 is 2.13 bits per heavy atom. The zero-order valence-electron chi connectivity index (χ0n) is 12.0. The van der Waals surface area contributed by atoms with Crippen LogP contribution in [0, 0.1) is 0 Å². The minimum absolute atomic E-state index is 0.170. The van der Waals surface area contributed by atoms with Crippen molar-refractivity contribution in [2.24, 2.45) is 0 Å². The summed E-state index contributed by atoms with van der Waals surface area (Å²) in [6, 6.07) is 3.26. The molecule has 0 unspecified atom stereocenters.